The van der Waals surface area contributed by atoms with Gasteiger partial charge in [-0.1, -0.05) is 178 Å². The highest BCUT2D eigenvalue weighted by Crippen LogP contribution is 2.50. The number of para-hydroxylation sites is 4. The molecule has 0 unspecified atom stereocenters. The monoisotopic (exact) mass is 943 g/mol. The highest BCUT2D eigenvalue weighted by atomic mass is 15.0. The molecule has 1 aliphatic carbocycles. The van der Waals surface area contributed by atoms with Gasteiger partial charge < -0.3 is 13.7 Å². The lowest BCUT2D eigenvalue weighted by atomic mass is 9.82. The van der Waals surface area contributed by atoms with Gasteiger partial charge in [0.05, 0.1) is 44.3 Å². The van der Waals surface area contributed by atoms with E-state index in [9.17, 15) is 0 Å². The molecule has 1 aliphatic rings. The summed E-state index contributed by atoms with van der Waals surface area (Å²) in [6, 6.07) is 86.6. The number of benzene rings is 11. The number of fused-ring (bicyclic) bond motifs is 15. The Balaban J connectivity index is 0.949. The Labute approximate surface area is 426 Å². The predicted molar refractivity (Wildman–Crippen MR) is 308 cm³/mol. The summed E-state index contributed by atoms with van der Waals surface area (Å²) in [5, 5.41) is 10.6. The van der Waals surface area contributed by atoms with Gasteiger partial charge in [-0.05, 0) is 100 Å². The minimum Gasteiger partial charge on any atom is -0.309 e. The molecule has 0 saturated heterocycles. The first kappa shape index (κ1) is 41.1. The van der Waals surface area contributed by atoms with E-state index in [1.807, 2.05) is 0 Å². The van der Waals surface area contributed by atoms with Gasteiger partial charge in [-0.3, -0.25) is 0 Å². The first-order valence-electron chi connectivity index (χ1n) is 25.6. The van der Waals surface area contributed by atoms with E-state index in [-0.39, 0.29) is 5.41 Å². The zero-order valence-corrected chi connectivity index (χ0v) is 40.8. The first-order chi connectivity index (χ1) is 36.5. The average molecular weight is 944 g/mol. The first-order valence-corrected chi connectivity index (χ1v) is 25.6. The number of nitrogens with zero attached hydrogens (tertiary/aromatic N) is 5. The highest BCUT2D eigenvalue weighted by molar-refractivity contribution is 6.14. The van der Waals surface area contributed by atoms with Gasteiger partial charge in [0.2, 0.25) is 0 Å². The molecule has 11 aromatic carbocycles. The minimum absolute atomic E-state index is 0.0960. The van der Waals surface area contributed by atoms with Crippen molar-refractivity contribution in [3.05, 3.63) is 248 Å². The molecule has 16 rings (SSSR count). The van der Waals surface area contributed by atoms with E-state index >= 15 is 0 Å². The van der Waals surface area contributed by atoms with Crippen molar-refractivity contribution in [1.82, 2.24) is 23.7 Å². The molecule has 15 aromatic rings. The lowest BCUT2D eigenvalue weighted by Gasteiger charge is -2.21. The molecule has 0 fully saturated rings. The smallest absolute Gasteiger partial charge is 0.160 e. The van der Waals surface area contributed by atoms with Crippen LogP contribution < -0.4 is 0 Å². The maximum Gasteiger partial charge on any atom is 0.160 e. The minimum atomic E-state index is -0.0960. The van der Waals surface area contributed by atoms with Gasteiger partial charge in [-0.2, -0.15) is 0 Å². The fraction of sp³-hybridized carbons (Fsp3) is 0.0435. The van der Waals surface area contributed by atoms with E-state index < -0.39 is 0 Å². The summed E-state index contributed by atoms with van der Waals surface area (Å²) in [5.41, 5.74) is 19.2. The van der Waals surface area contributed by atoms with Crippen LogP contribution in [0.4, 0.5) is 0 Å². The Kier molecular flexibility index (Phi) is 8.45. The van der Waals surface area contributed by atoms with Crippen molar-refractivity contribution < 1.29 is 0 Å². The van der Waals surface area contributed by atoms with Crippen LogP contribution in [0.1, 0.15) is 25.0 Å². The summed E-state index contributed by atoms with van der Waals surface area (Å²) >= 11 is 0. The normalized spacial score (nSPS) is 13.1. The molecule has 346 valence electrons. The van der Waals surface area contributed by atoms with E-state index in [4.69, 9.17) is 9.97 Å². The topological polar surface area (TPSA) is 40.6 Å². The third kappa shape index (κ3) is 5.75. The summed E-state index contributed by atoms with van der Waals surface area (Å²) in [4.78, 5) is 11.1. The molecule has 5 heteroatoms. The van der Waals surface area contributed by atoms with Crippen LogP contribution in [0.3, 0.4) is 0 Å². The van der Waals surface area contributed by atoms with Crippen LogP contribution in [0.2, 0.25) is 0 Å². The molecule has 4 heterocycles. The number of rotatable bonds is 5. The van der Waals surface area contributed by atoms with Gasteiger partial charge in [0.1, 0.15) is 0 Å². The average Bonchev–Trinajstić information content (AvgIpc) is 4.18. The van der Waals surface area contributed by atoms with Gasteiger partial charge >= 0.3 is 0 Å². The van der Waals surface area contributed by atoms with E-state index in [0.717, 1.165) is 66.6 Å². The molecule has 0 bridgehead atoms. The highest BCUT2D eigenvalue weighted by Gasteiger charge is 2.35. The Morgan fingerprint density at radius 3 is 1.42 bits per heavy atom. The fourth-order valence-corrected chi connectivity index (χ4v) is 12.8. The molecule has 0 N–H and O–H groups in total. The molecule has 4 aromatic heterocycles. The van der Waals surface area contributed by atoms with Crippen molar-refractivity contribution in [2.24, 2.45) is 0 Å². The van der Waals surface area contributed by atoms with Crippen LogP contribution in [0, 0.1) is 0 Å². The third-order valence-corrected chi connectivity index (χ3v) is 16.2. The maximum atomic E-state index is 5.60. The second-order valence-corrected chi connectivity index (χ2v) is 20.5. The van der Waals surface area contributed by atoms with Gasteiger partial charge in [0, 0.05) is 76.7 Å². The number of hydrogen-bond acceptors (Lipinski definition) is 2. The fourth-order valence-electron chi connectivity index (χ4n) is 12.8. The van der Waals surface area contributed by atoms with E-state index in [0.29, 0.717) is 5.82 Å². The molecule has 0 aliphatic heterocycles. The van der Waals surface area contributed by atoms with E-state index in [1.165, 1.54) is 76.6 Å². The Hall–Kier alpha value is -9.58. The van der Waals surface area contributed by atoms with Crippen molar-refractivity contribution in [3.8, 4) is 50.8 Å². The van der Waals surface area contributed by atoms with E-state index in [2.05, 4.69) is 264 Å². The van der Waals surface area contributed by atoms with Crippen LogP contribution in [0.5, 0.6) is 0 Å². The van der Waals surface area contributed by atoms with Crippen molar-refractivity contribution in [2.75, 3.05) is 0 Å². The van der Waals surface area contributed by atoms with Crippen molar-refractivity contribution >= 4 is 87.1 Å². The second kappa shape index (κ2) is 15.2. The van der Waals surface area contributed by atoms with Gasteiger partial charge in [0.25, 0.3) is 0 Å². The second-order valence-electron chi connectivity index (χ2n) is 20.5. The third-order valence-electron chi connectivity index (χ3n) is 16.2. The zero-order chi connectivity index (χ0) is 48.8. The molecular formula is C69H45N5. The standard InChI is InChI=1S/C69H45N5/c1-69(2)58-25-10-5-20-49(58)57-39-43(31-37-59(57)69)66-56-34-30-42-16-3-4-19-48(42)67(56)71-68(70-66)44-17-15-18-45(38-44)74-64-40-46(72-60-26-11-6-21-50(60)51-22-7-12-27-61(51)72)32-35-54(64)55-36-33-47(41-65(55)74)73-62-28-13-8-23-52(62)53-24-9-14-29-63(53)73/h3-41H,1-2H3. The zero-order valence-electron chi connectivity index (χ0n) is 40.8. The summed E-state index contributed by atoms with van der Waals surface area (Å²) in [5.74, 6) is 0.685. The molecule has 74 heavy (non-hydrogen) atoms. The van der Waals surface area contributed by atoms with Crippen molar-refractivity contribution in [2.45, 2.75) is 19.3 Å². The molecule has 5 nitrogen and oxygen atoms in total. The van der Waals surface area contributed by atoms with Crippen molar-refractivity contribution in [3.63, 3.8) is 0 Å². The summed E-state index contributed by atoms with van der Waals surface area (Å²) in [6.45, 7) is 4.67. The number of aromatic nitrogens is 5. The molecule has 0 radical (unpaired) electrons. The summed E-state index contributed by atoms with van der Waals surface area (Å²) in [7, 11) is 0. The van der Waals surface area contributed by atoms with Crippen LogP contribution in [-0.2, 0) is 5.41 Å². The summed E-state index contributed by atoms with van der Waals surface area (Å²) < 4.78 is 7.29. The quantitative estimate of drug-likeness (QED) is 0.161. The predicted octanol–water partition coefficient (Wildman–Crippen LogP) is 17.7. The SMILES string of the molecule is CC1(C)c2ccccc2-c2cc(-c3nc(-c4cccc(-n5c6cc(-n7c8ccccc8c8ccccc87)ccc6c6ccc(-n7c8ccccc8c8ccccc87)cc65)c4)nc4c3ccc3ccccc34)ccc21. The van der Waals surface area contributed by atoms with Crippen LogP contribution in [0.15, 0.2) is 237 Å². The van der Waals surface area contributed by atoms with Gasteiger partial charge in [-0.25, -0.2) is 9.97 Å². The summed E-state index contributed by atoms with van der Waals surface area (Å²) in [6.07, 6.45) is 0. The molecule has 0 atom stereocenters. The van der Waals surface area contributed by atoms with Crippen LogP contribution in [-0.4, -0.2) is 23.7 Å². The Bertz CT molecular complexity index is 4610. The molecular weight excluding hydrogens is 899 g/mol. The van der Waals surface area contributed by atoms with Gasteiger partial charge in [0.15, 0.2) is 5.82 Å². The Morgan fingerprint density at radius 1 is 0.311 bits per heavy atom. The Morgan fingerprint density at radius 2 is 0.797 bits per heavy atom. The lowest BCUT2D eigenvalue weighted by molar-refractivity contribution is 0.660. The van der Waals surface area contributed by atoms with Crippen LogP contribution in [0.25, 0.3) is 138 Å². The largest absolute Gasteiger partial charge is 0.309 e. The lowest BCUT2D eigenvalue weighted by Crippen LogP contribution is -2.14. The number of hydrogen-bond donors (Lipinski definition) is 0. The van der Waals surface area contributed by atoms with Crippen molar-refractivity contribution in [1.29, 1.82) is 0 Å². The molecule has 0 amide bonds. The maximum absolute atomic E-state index is 5.60. The van der Waals surface area contributed by atoms with E-state index in [1.54, 1.807) is 0 Å². The van der Waals surface area contributed by atoms with Gasteiger partial charge in [-0.15, -0.1) is 0 Å². The molecule has 0 saturated carbocycles. The molecule has 0 spiro atoms. The van der Waals surface area contributed by atoms with Crippen LogP contribution >= 0.6 is 0 Å².